The molecule has 0 aromatic carbocycles. The molecular weight excluding hydrogens is 530 g/mol. The van der Waals surface area contributed by atoms with Gasteiger partial charge in [0.15, 0.2) is 0 Å². The molecule has 5 nitrogen and oxygen atoms in total. The van der Waals surface area contributed by atoms with Crippen LogP contribution in [0.15, 0.2) is 12.1 Å². The molecule has 4 aliphatic carbocycles. The molecular formula is C32H46ClNO4S. The fraction of sp³-hybridized carbons (Fsp3) is 0.781. The fourth-order valence-electron chi connectivity index (χ4n) is 9.88. The number of esters is 1. The Morgan fingerprint density at radius 3 is 2.56 bits per heavy atom. The van der Waals surface area contributed by atoms with E-state index in [4.69, 9.17) is 16.3 Å². The van der Waals surface area contributed by atoms with Crippen LogP contribution in [0.3, 0.4) is 0 Å². The fourth-order valence-corrected chi connectivity index (χ4v) is 11.1. The van der Waals surface area contributed by atoms with Crippen LogP contribution in [-0.2, 0) is 19.1 Å². The van der Waals surface area contributed by atoms with Crippen molar-refractivity contribution in [3.8, 4) is 0 Å². The number of thiophene rings is 1. The summed E-state index contributed by atoms with van der Waals surface area (Å²) in [5, 5.41) is 3.28. The molecule has 0 bridgehead atoms. The lowest BCUT2D eigenvalue weighted by atomic mass is 9.43. The number of rotatable bonds is 7. The molecule has 4 aliphatic rings. The second kappa shape index (κ2) is 11.1. The number of carbonyl (C=O) groups excluding carboxylic acids is 3. The van der Waals surface area contributed by atoms with E-state index in [1.807, 2.05) is 12.1 Å². The molecule has 1 amide bonds. The van der Waals surface area contributed by atoms with Crippen molar-refractivity contribution >= 4 is 40.6 Å². The predicted molar refractivity (Wildman–Crippen MR) is 155 cm³/mol. The first-order valence-electron chi connectivity index (χ1n) is 15.2. The number of halogens is 1. The highest BCUT2D eigenvalue weighted by molar-refractivity contribution is 7.16. The van der Waals surface area contributed by atoms with Gasteiger partial charge in [0.1, 0.15) is 11.9 Å². The number of fused-ring (bicyclic) bond motifs is 5. The first kappa shape index (κ1) is 29.1. The summed E-state index contributed by atoms with van der Waals surface area (Å²) >= 11 is 7.69. The normalized spacial score (nSPS) is 39.2. The molecule has 1 N–H and O–H groups in total. The number of ether oxygens (including phenoxy) is 1. The van der Waals surface area contributed by atoms with Crippen molar-refractivity contribution in [2.75, 3.05) is 0 Å². The molecule has 5 rings (SSSR count). The van der Waals surface area contributed by atoms with Crippen LogP contribution in [0.4, 0.5) is 0 Å². The SMILES string of the molecule is CC[C@@H](NC(=O)C[C@@H](C)C1CC[C@H]2[C@@H]3[C@H](OC(C)=O)C[C@@H]4CC(=O)CC[C@]4(C)[C@H]3CC[C@]12C)c1ccc(Cl)s1. The summed E-state index contributed by atoms with van der Waals surface area (Å²) in [6, 6.07) is 3.92. The number of hydrogen-bond acceptors (Lipinski definition) is 5. The smallest absolute Gasteiger partial charge is 0.302 e. The van der Waals surface area contributed by atoms with Crippen molar-refractivity contribution in [1.82, 2.24) is 5.32 Å². The number of carbonyl (C=O) groups is 3. The third kappa shape index (κ3) is 5.34. The minimum Gasteiger partial charge on any atom is -0.462 e. The Bertz CT molecular complexity index is 1100. The minimum absolute atomic E-state index is 0.00680. The zero-order valence-corrected chi connectivity index (χ0v) is 25.8. The van der Waals surface area contributed by atoms with Crippen molar-refractivity contribution in [2.45, 2.75) is 111 Å². The molecule has 216 valence electrons. The van der Waals surface area contributed by atoms with Gasteiger partial charge in [-0.2, -0.15) is 0 Å². The van der Waals surface area contributed by atoms with Gasteiger partial charge in [0.2, 0.25) is 5.91 Å². The maximum atomic E-state index is 13.2. The summed E-state index contributed by atoms with van der Waals surface area (Å²) in [5.74, 6) is 2.70. The molecule has 1 aromatic heterocycles. The maximum absolute atomic E-state index is 13.2. The monoisotopic (exact) mass is 575 g/mol. The van der Waals surface area contributed by atoms with Crippen LogP contribution < -0.4 is 5.32 Å². The van der Waals surface area contributed by atoms with Crippen molar-refractivity contribution in [3.63, 3.8) is 0 Å². The Balaban J connectivity index is 1.32. The van der Waals surface area contributed by atoms with Crippen LogP contribution in [0.1, 0.15) is 110 Å². The summed E-state index contributed by atoms with van der Waals surface area (Å²) < 4.78 is 6.83. The van der Waals surface area contributed by atoms with Gasteiger partial charge in [0.25, 0.3) is 0 Å². The summed E-state index contributed by atoms with van der Waals surface area (Å²) in [6.07, 6.45) is 8.96. The number of hydrogen-bond donors (Lipinski definition) is 1. The van der Waals surface area contributed by atoms with Gasteiger partial charge in [-0.25, -0.2) is 0 Å². The Labute approximate surface area is 243 Å². The number of Topliss-reactive ketones (excluding diaryl/α,β-unsaturated/α-hetero) is 1. The van der Waals surface area contributed by atoms with Crippen LogP contribution in [0, 0.1) is 46.3 Å². The van der Waals surface area contributed by atoms with Crippen molar-refractivity contribution < 1.29 is 19.1 Å². The second-order valence-electron chi connectivity index (χ2n) is 13.7. The average molecular weight is 576 g/mol. The summed E-state index contributed by atoms with van der Waals surface area (Å²) in [5.41, 5.74) is 0.290. The van der Waals surface area contributed by atoms with E-state index < -0.39 is 0 Å². The summed E-state index contributed by atoms with van der Waals surface area (Å²) in [7, 11) is 0. The largest absolute Gasteiger partial charge is 0.462 e. The predicted octanol–water partition coefficient (Wildman–Crippen LogP) is 7.76. The molecule has 4 fully saturated rings. The van der Waals surface area contributed by atoms with E-state index in [9.17, 15) is 14.4 Å². The van der Waals surface area contributed by atoms with Gasteiger partial charge in [0.05, 0.1) is 10.4 Å². The molecule has 7 heteroatoms. The lowest BCUT2D eigenvalue weighted by Gasteiger charge is -2.62. The highest BCUT2D eigenvalue weighted by atomic mass is 35.5. The lowest BCUT2D eigenvalue weighted by Crippen LogP contribution is -2.59. The van der Waals surface area contributed by atoms with Crippen molar-refractivity contribution in [3.05, 3.63) is 21.3 Å². The van der Waals surface area contributed by atoms with Gasteiger partial charge in [0, 0.05) is 37.0 Å². The Hall–Kier alpha value is -1.40. The molecule has 4 saturated carbocycles. The molecule has 0 saturated heterocycles. The zero-order valence-electron chi connectivity index (χ0n) is 24.3. The van der Waals surface area contributed by atoms with E-state index >= 15 is 0 Å². The van der Waals surface area contributed by atoms with Gasteiger partial charge >= 0.3 is 5.97 Å². The number of nitrogens with one attached hydrogen (secondary N) is 1. The van der Waals surface area contributed by atoms with Crippen LogP contribution in [-0.4, -0.2) is 23.8 Å². The third-order valence-corrected chi connectivity index (χ3v) is 13.1. The van der Waals surface area contributed by atoms with Crippen LogP contribution >= 0.6 is 22.9 Å². The molecule has 1 unspecified atom stereocenters. The van der Waals surface area contributed by atoms with Crippen LogP contribution in [0.2, 0.25) is 4.34 Å². The average Bonchev–Trinajstić information content (AvgIpc) is 3.46. The second-order valence-corrected chi connectivity index (χ2v) is 15.4. The first-order chi connectivity index (χ1) is 18.5. The topological polar surface area (TPSA) is 72.5 Å². The molecule has 1 heterocycles. The van der Waals surface area contributed by atoms with Crippen molar-refractivity contribution in [1.29, 1.82) is 0 Å². The molecule has 0 aliphatic heterocycles. The van der Waals surface area contributed by atoms with E-state index in [0.29, 0.717) is 54.6 Å². The molecule has 39 heavy (non-hydrogen) atoms. The van der Waals surface area contributed by atoms with Gasteiger partial charge in [-0.3, -0.25) is 14.4 Å². The van der Waals surface area contributed by atoms with E-state index in [1.54, 1.807) is 0 Å². The Kier molecular flexibility index (Phi) is 8.29. The van der Waals surface area contributed by atoms with Crippen LogP contribution in [0.5, 0.6) is 0 Å². The lowest BCUT2D eigenvalue weighted by molar-refractivity contribution is -0.189. The summed E-state index contributed by atoms with van der Waals surface area (Å²) in [4.78, 5) is 39.0. The molecule has 0 radical (unpaired) electrons. The number of ketones is 1. The molecule has 10 atom stereocenters. The van der Waals surface area contributed by atoms with E-state index in [2.05, 4.69) is 33.0 Å². The Morgan fingerprint density at radius 1 is 1.15 bits per heavy atom. The first-order valence-corrected chi connectivity index (χ1v) is 16.4. The van der Waals surface area contributed by atoms with Crippen molar-refractivity contribution in [2.24, 2.45) is 46.3 Å². The quantitative estimate of drug-likeness (QED) is 0.337. The summed E-state index contributed by atoms with van der Waals surface area (Å²) in [6.45, 7) is 10.8. The standard InChI is InChI=1S/C32H46ClNO4S/c1-6-25(27-9-10-28(33)39-27)34-29(37)15-18(2)22-7-8-23-30-24(12-14-32(22,23)5)31(4)13-11-21(36)16-20(31)17-26(30)38-19(3)35/h9-10,18,20,22-26,30H,6-8,11-17H2,1-5H3,(H,34,37)/t18-,20+,22?,23+,24+,25-,26-,30+,31+,32-/m1/s1. The molecule has 0 spiro atoms. The van der Waals surface area contributed by atoms with Gasteiger partial charge in [-0.15, -0.1) is 11.3 Å². The zero-order chi connectivity index (χ0) is 28.1. The number of amides is 1. The minimum atomic E-state index is -0.200. The molecule has 1 aromatic rings. The van der Waals surface area contributed by atoms with E-state index in [1.165, 1.54) is 18.3 Å². The highest BCUT2D eigenvalue weighted by Crippen LogP contribution is 2.68. The maximum Gasteiger partial charge on any atom is 0.302 e. The van der Waals surface area contributed by atoms with E-state index in [0.717, 1.165) is 54.2 Å². The van der Waals surface area contributed by atoms with Gasteiger partial charge < -0.3 is 10.1 Å². The van der Waals surface area contributed by atoms with Gasteiger partial charge in [-0.05, 0) is 97.5 Å². The van der Waals surface area contributed by atoms with Gasteiger partial charge in [-0.1, -0.05) is 39.3 Å². The van der Waals surface area contributed by atoms with Crippen LogP contribution in [0.25, 0.3) is 0 Å². The third-order valence-electron chi connectivity index (χ3n) is 11.7. The highest BCUT2D eigenvalue weighted by Gasteiger charge is 2.63. The van der Waals surface area contributed by atoms with E-state index in [-0.39, 0.29) is 40.8 Å². The Morgan fingerprint density at radius 2 is 1.90 bits per heavy atom.